The fraction of sp³-hybridized carbons (Fsp3) is 0.0625. The maximum Gasteiger partial charge on any atom is 0.335 e. The number of carboxylic acid groups (broad SMARTS) is 1. The van der Waals surface area contributed by atoms with Crippen LogP contribution >= 0.6 is 15.9 Å². The van der Waals surface area contributed by atoms with Crippen molar-refractivity contribution in [2.45, 2.75) is 4.90 Å². The third-order valence-corrected chi connectivity index (χ3v) is 5.43. The van der Waals surface area contributed by atoms with Gasteiger partial charge in [0.05, 0.1) is 10.5 Å². The Bertz CT molecular complexity index is 972. The zero-order chi connectivity index (χ0) is 19.5. The van der Waals surface area contributed by atoms with Crippen LogP contribution in [0, 0.1) is 0 Å². The molecule has 2 aromatic carbocycles. The smallest absolute Gasteiger partial charge is 0.335 e. The summed E-state index contributed by atoms with van der Waals surface area (Å²) < 4.78 is 25.1. The first kappa shape index (κ1) is 19.8. The molecule has 8 nitrogen and oxygen atoms in total. The van der Waals surface area contributed by atoms with E-state index < -0.39 is 33.4 Å². The highest BCUT2D eigenvalue weighted by Crippen LogP contribution is 2.17. The van der Waals surface area contributed by atoms with E-state index in [9.17, 15) is 22.8 Å². The van der Waals surface area contributed by atoms with Gasteiger partial charge in [-0.3, -0.25) is 9.59 Å². The van der Waals surface area contributed by atoms with E-state index in [2.05, 4.69) is 15.9 Å². The largest absolute Gasteiger partial charge is 0.478 e. The Morgan fingerprint density at radius 2 is 1.62 bits per heavy atom. The maximum atomic E-state index is 12.3. The zero-order valence-corrected chi connectivity index (χ0v) is 15.5. The minimum Gasteiger partial charge on any atom is -0.478 e. The van der Waals surface area contributed by atoms with Crippen molar-refractivity contribution in [1.29, 1.82) is 0 Å². The first-order valence-electron chi connectivity index (χ1n) is 7.05. The van der Waals surface area contributed by atoms with E-state index in [1.807, 2.05) is 0 Å². The van der Waals surface area contributed by atoms with Gasteiger partial charge in [-0.25, -0.2) is 24.1 Å². The van der Waals surface area contributed by atoms with E-state index in [0.717, 1.165) is 0 Å². The molecule has 0 unspecified atom stereocenters. The van der Waals surface area contributed by atoms with Crippen molar-refractivity contribution in [2.75, 3.05) is 5.75 Å². The summed E-state index contributed by atoms with van der Waals surface area (Å²) in [5.74, 6) is 1.23. The minimum atomic E-state index is -3.99. The average Bonchev–Trinajstić information content (AvgIpc) is 2.60. The Labute approximate surface area is 157 Å². The number of carbonyl (C=O) groups is 3. The van der Waals surface area contributed by atoms with Crippen molar-refractivity contribution >= 4 is 43.6 Å². The zero-order valence-electron chi connectivity index (χ0n) is 13.1. The molecule has 0 radical (unpaired) electrons. The van der Waals surface area contributed by atoms with Crippen molar-refractivity contribution in [3.63, 3.8) is 0 Å². The van der Waals surface area contributed by atoms with Gasteiger partial charge in [0.15, 0.2) is 9.84 Å². The lowest BCUT2D eigenvalue weighted by molar-refractivity contribution is -0.126. The molecule has 0 bridgehead atoms. The average molecular weight is 441 g/mol. The van der Waals surface area contributed by atoms with Crippen molar-refractivity contribution < 1.29 is 27.9 Å². The molecule has 0 atom stereocenters. The SMILES string of the molecule is NN(C(=O)CS(=O)(=O)c1cccc(Br)c1)C(=O)c1ccc(C(=O)O)cc1. The van der Waals surface area contributed by atoms with Crippen LogP contribution in [0.25, 0.3) is 0 Å². The van der Waals surface area contributed by atoms with Crippen molar-refractivity contribution in [3.8, 4) is 0 Å². The molecule has 10 heteroatoms. The number of nitrogens with two attached hydrogens (primary N) is 1. The van der Waals surface area contributed by atoms with Crippen LogP contribution in [0.2, 0.25) is 0 Å². The van der Waals surface area contributed by atoms with E-state index in [4.69, 9.17) is 10.9 Å². The van der Waals surface area contributed by atoms with E-state index in [0.29, 0.717) is 4.47 Å². The molecule has 3 N–H and O–H groups in total. The molecule has 0 aromatic heterocycles. The number of hydrogen-bond donors (Lipinski definition) is 2. The molecule has 0 spiro atoms. The van der Waals surface area contributed by atoms with Crippen LogP contribution in [0.15, 0.2) is 57.9 Å². The molecule has 2 rings (SSSR count). The maximum absolute atomic E-state index is 12.3. The number of sulfone groups is 1. The van der Waals surface area contributed by atoms with Crippen LogP contribution in [-0.4, -0.2) is 42.1 Å². The number of aromatic carboxylic acids is 1. The van der Waals surface area contributed by atoms with Gasteiger partial charge < -0.3 is 5.11 Å². The molecular formula is C16H13BrN2O6S. The van der Waals surface area contributed by atoms with Gasteiger partial charge >= 0.3 is 5.97 Å². The second kappa shape index (κ2) is 7.77. The van der Waals surface area contributed by atoms with Gasteiger partial charge in [0.25, 0.3) is 11.8 Å². The van der Waals surface area contributed by atoms with Gasteiger partial charge in [-0.05, 0) is 42.5 Å². The summed E-state index contributed by atoms with van der Waals surface area (Å²) in [5.41, 5.74) is -0.0978. The molecule has 26 heavy (non-hydrogen) atoms. The molecule has 0 fully saturated rings. The van der Waals surface area contributed by atoms with Crippen LogP contribution in [0.3, 0.4) is 0 Å². The number of benzene rings is 2. The quantitative estimate of drug-likeness (QED) is 0.408. The summed E-state index contributed by atoms with van der Waals surface area (Å²) in [5, 5.41) is 9.02. The highest BCUT2D eigenvalue weighted by molar-refractivity contribution is 9.10. The number of amides is 2. The van der Waals surface area contributed by atoms with E-state index in [1.54, 1.807) is 6.07 Å². The Balaban J connectivity index is 2.15. The fourth-order valence-corrected chi connectivity index (χ4v) is 3.76. The predicted octanol–water partition coefficient (Wildman–Crippen LogP) is 1.46. The minimum absolute atomic E-state index is 0.0475. The van der Waals surface area contributed by atoms with E-state index in [-0.39, 0.29) is 21.0 Å². The molecule has 2 amide bonds. The summed E-state index contributed by atoms with van der Waals surface area (Å²) in [6.07, 6.45) is 0. The molecule has 2 aromatic rings. The van der Waals surface area contributed by atoms with Gasteiger partial charge in [0, 0.05) is 10.0 Å². The Morgan fingerprint density at radius 3 is 2.15 bits per heavy atom. The third-order valence-electron chi connectivity index (χ3n) is 3.33. The number of halogens is 1. The van der Waals surface area contributed by atoms with Gasteiger partial charge in [-0.15, -0.1) is 0 Å². The first-order valence-corrected chi connectivity index (χ1v) is 9.50. The lowest BCUT2D eigenvalue weighted by Crippen LogP contribution is -2.45. The van der Waals surface area contributed by atoms with Crippen LogP contribution in [0.4, 0.5) is 0 Å². The number of hydrazine groups is 1. The van der Waals surface area contributed by atoms with Crippen LogP contribution in [0.1, 0.15) is 20.7 Å². The molecule has 0 aliphatic carbocycles. The summed E-state index contributed by atoms with van der Waals surface area (Å²) in [4.78, 5) is 35.0. The molecule has 0 aliphatic heterocycles. The van der Waals surface area contributed by atoms with Crippen molar-refractivity contribution in [2.24, 2.45) is 5.84 Å². The van der Waals surface area contributed by atoms with Crippen LogP contribution in [0.5, 0.6) is 0 Å². The number of rotatable bonds is 5. The highest BCUT2D eigenvalue weighted by Gasteiger charge is 2.26. The topological polar surface area (TPSA) is 135 Å². The predicted molar refractivity (Wildman–Crippen MR) is 95.0 cm³/mol. The molecule has 0 heterocycles. The van der Waals surface area contributed by atoms with Gasteiger partial charge in [-0.2, -0.15) is 0 Å². The van der Waals surface area contributed by atoms with Gasteiger partial charge in [-0.1, -0.05) is 22.0 Å². The second-order valence-electron chi connectivity index (χ2n) is 5.17. The Morgan fingerprint density at radius 1 is 1.04 bits per heavy atom. The standard InChI is InChI=1S/C16H13BrN2O6S/c17-12-2-1-3-13(8-12)26(24,25)9-14(20)19(18)15(21)10-4-6-11(7-5-10)16(22)23/h1-8H,9,18H2,(H,22,23). The number of hydrogen-bond acceptors (Lipinski definition) is 6. The van der Waals surface area contributed by atoms with Crippen LogP contribution < -0.4 is 5.84 Å². The van der Waals surface area contributed by atoms with Crippen molar-refractivity contribution in [1.82, 2.24) is 5.01 Å². The normalized spacial score (nSPS) is 11.0. The van der Waals surface area contributed by atoms with Gasteiger partial charge in [0.1, 0.15) is 5.75 Å². The van der Waals surface area contributed by atoms with Crippen LogP contribution in [-0.2, 0) is 14.6 Å². The summed E-state index contributed by atoms with van der Waals surface area (Å²) >= 11 is 3.14. The highest BCUT2D eigenvalue weighted by atomic mass is 79.9. The summed E-state index contributed by atoms with van der Waals surface area (Å²) in [6.45, 7) is 0. The molecule has 136 valence electrons. The van der Waals surface area contributed by atoms with E-state index >= 15 is 0 Å². The Kier molecular flexibility index (Phi) is 5.90. The third kappa shape index (κ3) is 4.54. The summed E-state index contributed by atoms with van der Waals surface area (Å²) in [7, 11) is -3.99. The fourth-order valence-electron chi connectivity index (χ4n) is 1.98. The Hall–Kier alpha value is -2.56. The lowest BCUT2D eigenvalue weighted by Gasteiger charge is -2.15. The van der Waals surface area contributed by atoms with Gasteiger partial charge in [0.2, 0.25) is 0 Å². The monoisotopic (exact) mass is 440 g/mol. The summed E-state index contributed by atoms with van der Waals surface area (Å²) in [6, 6.07) is 10.5. The number of imide groups is 1. The lowest BCUT2D eigenvalue weighted by atomic mass is 10.1. The second-order valence-corrected chi connectivity index (χ2v) is 8.07. The first-order chi connectivity index (χ1) is 12.1. The molecule has 0 aliphatic rings. The molecular weight excluding hydrogens is 428 g/mol. The molecule has 0 saturated carbocycles. The number of carbonyl (C=O) groups excluding carboxylic acids is 2. The van der Waals surface area contributed by atoms with E-state index in [1.165, 1.54) is 42.5 Å². The van der Waals surface area contributed by atoms with Crippen molar-refractivity contribution in [3.05, 3.63) is 64.1 Å². The molecule has 0 saturated heterocycles. The number of nitrogens with zero attached hydrogens (tertiary/aromatic N) is 1. The number of carboxylic acids is 1.